The van der Waals surface area contributed by atoms with E-state index in [4.69, 9.17) is 0 Å². The van der Waals surface area contributed by atoms with Gasteiger partial charge in [-0.15, -0.1) is 0 Å². The smallest absolute Gasteiger partial charge is 0.243 e. The van der Waals surface area contributed by atoms with Gasteiger partial charge in [0.1, 0.15) is 0 Å². The molecule has 118 valence electrons. The van der Waals surface area contributed by atoms with E-state index in [9.17, 15) is 8.42 Å². The van der Waals surface area contributed by atoms with E-state index >= 15 is 0 Å². The summed E-state index contributed by atoms with van der Waals surface area (Å²) in [5.74, 6) is 0.618. The first kappa shape index (κ1) is 16.5. The lowest BCUT2D eigenvalue weighted by Crippen LogP contribution is -2.41. The van der Waals surface area contributed by atoms with Crippen molar-refractivity contribution < 1.29 is 8.42 Å². The van der Waals surface area contributed by atoms with Crippen molar-refractivity contribution >= 4 is 10.0 Å². The van der Waals surface area contributed by atoms with Crippen molar-refractivity contribution in [2.45, 2.75) is 31.6 Å². The summed E-state index contributed by atoms with van der Waals surface area (Å²) < 4.78 is 26.7. The fourth-order valence-electron chi connectivity index (χ4n) is 2.92. The molecule has 2 rings (SSSR count). The average Bonchev–Trinajstić information content (AvgIpc) is 2.54. The first-order valence-corrected chi connectivity index (χ1v) is 9.29. The number of nitrogens with zero attached hydrogens (tertiary/aromatic N) is 2. The quantitative estimate of drug-likeness (QED) is 0.810. The van der Waals surface area contributed by atoms with Gasteiger partial charge in [-0.2, -0.15) is 4.31 Å². The monoisotopic (exact) mass is 310 g/mol. The van der Waals surface area contributed by atoms with Crippen LogP contribution in [0, 0.1) is 5.92 Å². The Morgan fingerprint density at radius 3 is 2.19 bits per heavy atom. The summed E-state index contributed by atoms with van der Waals surface area (Å²) in [5, 5.41) is 0. The van der Waals surface area contributed by atoms with Crippen LogP contribution in [0.2, 0.25) is 0 Å². The molecular weight excluding hydrogens is 284 g/mol. The van der Waals surface area contributed by atoms with Gasteiger partial charge in [0.2, 0.25) is 10.0 Å². The van der Waals surface area contributed by atoms with Crippen LogP contribution in [0.4, 0.5) is 0 Å². The number of benzene rings is 1. The molecule has 1 heterocycles. The Kier molecular flexibility index (Phi) is 5.79. The fraction of sp³-hybridized carbons (Fsp3) is 0.625. The predicted octanol–water partition coefficient (Wildman–Crippen LogP) is 2.43. The second-order valence-electron chi connectivity index (χ2n) is 5.65. The molecule has 21 heavy (non-hydrogen) atoms. The maximum atomic E-state index is 12.5. The molecule has 1 aliphatic rings. The molecule has 0 amide bonds. The SMILES string of the molecule is CCN(CC)CC1CCN(S(=O)(=O)c2ccccc2)CC1. The lowest BCUT2D eigenvalue weighted by molar-refractivity contribution is 0.193. The number of rotatable bonds is 6. The molecule has 5 heteroatoms. The van der Waals surface area contributed by atoms with Gasteiger partial charge >= 0.3 is 0 Å². The van der Waals surface area contributed by atoms with Crippen LogP contribution in [-0.2, 0) is 10.0 Å². The molecular formula is C16H26N2O2S. The zero-order valence-electron chi connectivity index (χ0n) is 13.0. The number of piperidine rings is 1. The molecule has 0 radical (unpaired) electrons. The Balaban J connectivity index is 1.95. The molecule has 4 nitrogen and oxygen atoms in total. The topological polar surface area (TPSA) is 40.6 Å². The molecule has 1 saturated heterocycles. The summed E-state index contributed by atoms with van der Waals surface area (Å²) in [4.78, 5) is 2.83. The summed E-state index contributed by atoms with van der Waals surface area (Å²) in [6.45, 7) is 8.87. The molecule has 1 fully saturated rings. The zero-order chi connectivity index (χ0) is 15.3. The van der Waals surface area contributed by atoms with E-state index in [-0.39, 0.29) is 0 Å². The van der Waals surface area contributed by atoms with Crippen molar-refractivity contribution in [3.05, 3.63) is 30.3 Å². The Morgan fingerprint density at radius 1 is 1.10 bits per heavy atom. The molecule has 0 atom stereocenters. The number of sulfonamides is 1. The first-order chi connectivity index (χ1) is 10.1. The summed E-state index contributed by atoms with van der Waals surface area (Å²) in [6, 6.07) is 8.75. The minimum atomic E-state index is -3.31. The minimum Gasteiger partial charge on any atom is -0.304 e. The number of hydrogen-bond acceptors (Lipinski definition) is 3. The van der Waals surface area contributed by atoms with Crippen LogP contribution in [0.25, 0.3) is 0 Å². The average molecular weight is 310 g/mol. The molecule has 1 aromatic carbocycles. The summed E-state index contributed by atoms with van der Waals surface area (Å²) in [5.41, 5.74) is 0. The summed E-state index contributed by atoms with van der Waals surface area (Å²) in [6.07, 6.45) is 1.92. The highest BCUT2D eigenvalue weighted by Gasteiger charge is 2.29. The van der Waals surface area contributed by atoms with E-state index < -0.39 is 10.0 Å². The van der Waals surface area contributed by atoms with Gasteiger partial charge in [-0.1, -0.05) is 32.0 Å². The zero-order valence-corrected chi connectivity index (χ0v) is 13.8. The molecule has 0 spiro atoms. The van der Waals surface area contributed by atoms with Gasteiger partial charge < -0.3 is 4.90 Å². The second-order valence-corrected chi connectivity index (χ2v) is 7.58. The molecule has 0 bridgehead atoms. The van der Waals surface area contributed by atoms with E-state index in [1.165, 1.54) is 0 Å². The third-order valence-corrected chi connectivity index (χ3v) is 6.28. The lowest BCUT2D eigenvalue weighted by atomic mass is 9.97. The molecule has 1 aromatic rings. The highest BCUT2D eigenvalue weighted by Crippen LogP contribution is 2.24. The van der Waals surface area contributed by atoms with Crippen LogP contribution in [0.1, 0.15) is 26.7 Å². The molecule has 0 N–H and O–H groups in total. The molecule has 0 saturated carbocycles. The number of hydrogen-bond donors (Lipinski definition) is 0. The van der Waals surface area contributed by atoms with Gasteiger partial charge in [-0.25, -0.2) is 8.42 Å². The molecule has 0 unspecified atom stereocenters. The van der Waals surface area contributed by atoms with Crippen LogP contribution in [0.5, 0.6) is 0 Å². The Morgan fingerprint density at radius 2 is 1.67 bits per heavy atom. The van der Waals surface area contributed by atoms with Crippen LogP contribution >= 0.6 is 0 Å². The molecule has 0 aliphatic carbocycles. The van der Waals surface area contributed by atoms with E-state index in [0.717, 1.165) is 32.5 Å². The van der Waals surface area contributed by atoms with Crippen LogP contribution in [-0.4, -0.2) is 50.3 Å². The Labute approximate surface area is 128 Å². The van der Waals surface area contributed by atoms with E-state index in [1.807, 2.05) is 6.07 Å². The van der Waals surface area contributed by atoms with Crippen LogP contribution in [0.15, 0.2) is 35.2 Å². The van der Waals surface area contributed by atoms with Crippen molar-refractivity contribution in [3.63, 3.8) is 0 Å². The highest BCUT2D eigenvalue weighted by atomic mass is 32.2. The highest BCUT2D eigenvalue weighted by molar-refractivity contribution is 7.89. The predicted molar refractivity (Wildman–Crippen MR) is 85.7 cm³/mol. The summed E-state index contributed by atoms with van der Waals surface area (Å²) in [7, 11) is -3.31. The Bertz CT molecular complexity index is 518. The van der Waals surface area contributed by atoms with Gasteiger partial charge in [0.25, 0.3) is 0 Å². The van der Waals surface area contributed by atoms with Crippen molar-refractivity contribution in [3.8, 4) is 0 Å². The standard InChI is InChI=1S/C16H26N2O2S/c1-3-17(4-2)14-15-10-12-18(13-11-15)21(19,20)16-8-6-5-7-9-16/h5-9,15H,3-4,10-14H2,1-2H3. The second kappa shape index (κ2) is 7.38. The van der Waals surface area contributed by atoms with Crippen molar-refractivity contribution in [1.82, 2.24) is 9.21 Å². The van der Waals surface area contributed by atoms with Gasteiger partial charge in [0, 0.05) is 19.6 Å². The van der Waals surface area contributed by atoms with Crippen molar-refractivity contribution in [2.75, 3.05) is 32.7 Å². The maximum Gasteiger partial charge on any atom is 0.243 e. The largest absolute Gasteiger partial charge is 0.304 e. The third-order valence-electron chi connectivity index (χ3n) is 4.37. The molecule has 0 aromatic heterocycles. The lowest BCUT2D eigenvalue weighted by Gasteiger charge is -2.33. The Hall–Kier alpha value is -0.910. The normalized spacial score (nSPS) is 18.2. The van der Waals surface area contributed by atoms with E-state index in [2.05, 4.69) is 18.7 Å². The minimum absolute atomic E-state index is 0.409. The van der Waals surface area contributed by atoms with Gasteiger partial charge in [-0.3, -0.25) is 0 Å². The van der Waals surface area contributed by atoms with Gasteiger partial charge in [0.05, 0.1) is 4.90 Å². The first-order valence-electron chi connectivity index (χ1n) is 7.85. The van der Waals surface area contributed by atoms with Gasteiger partial charge in [0.15, 0.2) is 0 Å². The maximum absolute atomic E-state index is 12.5. The fourth-order valence-corrected chi connectivity index (χ4v) is 4.41. The third kappa shape index (κ3) is 4.05. The van der Waals surface area contributed by atoms with Crippen LogP contribution < -0.4 is 0 Å². The van der Waals surface area contributed by atoms with Crippen LogP contribution in [0.3, 0.4) is 0 Å². The van der Waals surface area contributed by atoms with Crippen molar-refractivity contribution in [1.29, 1.82) is 0 Å². The molecule has 1 aliphatic heterocycles. The van der Waals surface area contributed by atoms with Crippen molar-refractivity contribution in [2.24, 2.45) is 5.92 Å². The van der Waals surface area contributed by atoms with E-state index in [0.29, 0.717) is 23.9 Å². The van der Waals surface area contributed by atoms with Gasteiger partial charge in [-0.05, 0) is 44.0 Å². The summed E-state index contributed by atoms with van der Waals surface area (Å²) >= 11 is 0. The van der Waals surface area contributed by atoms with E-state index in [1.54, 1.807) is 28.6 Å².